The normalized spacial score (nSPS) is 14.2. The van der Waals surface area contributed by atoms with Gasteiger partial charge in [-0.1, -0.05) is 40.5 Å². The van der Waals surface area contributed by atoms with Gasteiger partial charge in [-0.25, -0.2) is 9.78 Å². The van der Waals surface area contributed by atoms with E-state index in [9.17, 15) is 9.90 Å². The summed E-state index contributed by atoms with van der Waals surface area (Å²) in [4.78, 5) is 16.1. The molecule has 0 spiro atoms. The number of fused-ring (bicyclic) bond motifs is 2. The van der Waals surface area contributed by atoms with Gasteiger partial charge >= 0.3 is 5.97 Å². The summed E-state index contributed by atoms with van der Waals surface area (Å²) in [6, 6.07) is 13.6. The zero-order chi connectivity index (χ0) is 25.7. The monoisotopic (exact) mass is 534 g/mol. The maximum absolute atomic E-state index is 11.4. The highest BCUT2D eigenvalue weighted by molar-refractivity contribution is 6.39. The number of rotatable bonds is 6. The smallest absolute Gasteiger partial charge is 0.335 e. The lowest BCUT2D eigenvalue weighted by atomic mass is 10.0. The lowest BCUT2D eigenvalue weighted by molar-refractivity contribution is 0.0696. The van der Waals surface area contributed by atoms with Crippen molar-refractivity contribution >= 4 is 40.8 Å². The summed E-state index contributed by atoms with van der Waals surface area (Å²) in [5.41, 5.74) is 4.35. The first-order valence-corrected chi connectivity index (χ1v) is 12.4. The Hall–Kier alpha value is -3.81. The van der Waals surface area contributed by atoms with Crippen molar-refractivity contribution in [3.8, 4) is 28.6 Å². The first-order valence-electron chi connectivity index (χ1n) is 11.7. The van der Waals surface area contributed by atoms with Gasteiger partial charge < -0.3 is 19.1 Å². The highest BCUT2D eigenvalue weighted by atomic mass is 35.5. The number of carboxylic acid groups (broad SMARTS) is 1. The predicted octanol–water partition coefficient (Wildman–Crippen LogP) is 7.86. The standard InChI is InChI=1S/C28H20Cl2N2O5/c1-14-11-16-7-8-17(28(33)34)12-22(16)36-21-9-10-23(31-25(14)21)35-13-18-26(32-37-27(18)15-5-6-15)24-19(29)3-2-4-20(24)30/h2-4,7-12,15H,5-6,13H2,1H3,(H,33,34). The fraction of sp³-hybridized carbons (Fsp3) is 0.179. The van der Waals surface area contributed by atoms with Gasteiger partial charge in [0.25, 0.3) is 0 Å². The van der Waals surface area contributed by atoms with Crippen LogP contribution in [-0.2, 0) is 6.61 Å². The van der Waals surface area contributed by atoms with Crippen LogP contribution in [0.4, 0.5) is 0 Å². The first-order chi connectivity index (χ1) is 17.9. The predicted molar refractivity (Wildman–Crippen MR) is 140 cm³/mol. The van der Waals surface area contributed by atoms with Crippen LogP contribution in [0.1, 0.15) is 58.6 Å². The van der Waals surface area contributed by atoms with Crippen LogP contribution in [0.25, 0.3) is 22.9 Å². The first kappa shape index (κ1) is 23.6. The molecule has 3 heterocycles. The average Bonchev–Trinajstić information content (AvgIpc) is 3.65. The van der Waals surface area contributed by atoms with E-state index in [4.69, 9.17) is 37.2 Å². The molecule has 7 nitrogen and oxygen atoms in total. The van der Waals surface area contributed by atoms with Crippen molar-refractivity contribution in [2.45, 2.75) is 32.3 Å². The lowest BCUT2D eigenvalue weighted by Gasteiger charge is -2.12. The molecule has 2 aliphatic rings. The molecule has 1 saturated carbocycles. The second kappa shape index (κ2) is 9.25. The van der Waals surface area contributed by atoms with Gasteiger partial charge in [0.05, 0.1) is 21.2 Å². The molecule has 186 valence electrons. The van der Waals surface area contributed by atoms with Crippen LogP contribution in [0, 0.1) is 0 Å². The highest BCUT2D eigenvalue weighted by Gasteiger charge is 2.34. The number of carbonyl (C=O) groups is 1. The molecule has 1 aliphatic heterocycles. The van der Waals surface area contributed by atoms with Gasteiger partial charge in [0.15, 0.2) is 5.75 Å². The minimum Gasteiger partial charge on any atom is -0.478 e. The highest BCUT2D eigenvalue weighted by Crippen LogP contribution is 2.46. The van der Waals surface area contributed by atoms with Crippen LogP contribution >= 0.6 is 23.2 Å². The molecule has 0 amide bonds. The summed E-state index contributed by atoms with van der Waals surface area (Å²) in [7, 11) is 0. The number of hydrogen-bond donors (Lipinski definition) is 1. The molecular formula is C28H20Cl2N2O5. The summed E-state index contributed by atoms with van der Waals surface area (Å²) < 4.78 is 17.9. The van der Waals surface area contributed by atoms with Gasteiger partial charge in [0.2, 0.25) is 5.88 Å². The summed E-state index contributed by atoms with van der Waals surface area (Å²) in [6.07, 6.45) is 3.97. The van der Waals surface area contributed by atoms with Crippen LogP contribution in [0.3, 0.4) is 0 Å². The van der Waals surface area contributed by atoms with E-state index in [2.05, 4.69) is 10.1 Å². The summed E-state index contributed by atoms with van der Waals surface area (Å²) in [5.74, 6) is 1.42. The van der Waals surface area contributed by atoms with Crippen molar-refractivity contribution < 1.29 is 23.9 Å². The third kappa shape index (κ3) is 4.45. The number of benzene rings is 2. The number of ether oxygens (including phenoxy) is 2. The fourth-order valence-electron chi connectivity index (χ4n) is 4.36. The van der Waals surface area contributed by atoms with Crippen molar-refractivity contribution in [2.24, 2.45) is 0 Å². The maximum atomic E-state index is 11.4. The zero-order valence-corrected chi connectivity index (χ0v) is 21.1. The molecule has 0 radical (unpaired) electrons. The number of hydrogen-bond acceptors (Lipinski definition) is 6. The Bertz CT molecular complexity index is 1570. The quantitative estimate of drug-likeness (QED) is 0.269. The molecule has 2 aromatic carbocycles. The second-order valence-electron chi connectivity index (χ2n) is 9.02. The Morgan fingerprint density at radius 2 is 1.86 bits per heavy atom. The van der Waals surface area contributed by atoms with E-state index in [1.165, 1.54) is 6.07 Å². The minimum atomic E-state index is -1.02. The minimum absolute atomic E-state index is 0.149. The van der Waals surface area contributed by atoms with Crippen LogP contribution in [0.5, 0.6) is 17.4 Å². The van der Waals surface area contributed by atoms with Crippen LogP contribution in [0.2, 0.25) is 10.0 Å². The van der Waals surface area contributed by atoms with Gasteiger partial charge in [-0.3, -0.25) is 0 Å². The van der Waals surface area contributed by atoms with E-state index in [1.54, 1.807) is 42.5 Å². The van der Waals surface area contributed by atoms with E-state index in [-0.39, 0.29) is 12.2 Å². The molecule has 0 atom stereocenters. The molecule has 37 heavy (non-hydrogen) atoms. The molecule has 0 saturated heterocycles. The summed E-state index contributed by atoms with van der Waals surface area (Å²) in [6.45, 7) is 2.09. The number of aromatic nitrogens is 2. The molecule has 1 aliphatic carbocycles. The van der Waals surface area contributed by atoms with E-state index < -0.39 is 5.97 Å². The molecule has 1 fully saturated rings. The number of nitrogens with zero attached hydrogens (tertiary/aromatic N) is 2. The SMILES string of the molecule is CC1=Cc2ccc(C(=O)O)cc2Oc2ccc(OCc3c(-c4c(Cl)cccc4Cl)noc3C3CC3)nc21. The number of halogens is 2. The van der Waals surface area contributed by atoms with Crippen molar-refractivity contribution in [3.63, 3.8) is 0 Å². The molecule has 4 aromatic rings. The van der Waals surface area contributed by atoms with Crippen molar-refractivity contribution in [3.05, 3.63) is 86.7 Å². The van der Waals surface area contributed by atoms with E-state index in [0.29, 0.717) is 50.3 Å². The van der Waals surface area contributed by atoms with Gasteiger partial charge in [-0.2, -0.15) is 0 Å². The van der Waals surface area contributed by atoms with Gasteiger partial charge in [-0.05, 0) is 61.7 Å². The molecule has 0 unspecified atom stereocenters. The summed E-state index contributed by atoms with van der Waals surface area (Å²) >= 11 is 12.9. The fourth-order valence-corrected chi connectivity index (χ4v) is 4.94. The molecular weight excluding hydrogens is 515 g/mol. The molecule has 9 heteroatoms. The Morgan fingerprint density at radius 1 is 1.08 bits per heavy atom. The van der Waals surface area contributed by atoms with Gasteiger partial charge in [-0.15, -0.1) is 0 Å². The maximum Gasteiger partial charge on any atom is 0.335 e. The van der Waals surface area contributed by atoms with Crippen molar-refractivity contribution in [2.75, 3.05) is 0 Å². The Balaban J connectivity index is 1.31. The number of aromatic carboxylic acids is 1. The zero-order valence-electron chi connectivity index (χ0n) is 19.6. The van der Waals surface area contributed by atoms with Crippen LogP contribution in [0.15, 0.2) is 53.1 Å². The van der Waals surface area contributed by atoms with Crippen LogP contribution < -0.4 is 9.47 Å². The van der Waals surface area contributed by atoms with E-state index >= 15 is 0 Å². The number of pyridine rings is 1. The van der Waals surface area contributed by atoms with Gasteiger partial charge in [0.1, 0.15) is 29.5 Å². The Kier molecular flexibility index (Phi) is 5.89. The van der Waals surface area contributed by atoms with Crippen molar-refractivity contribution in [1.29, 1.82) is 0 Å². The largest absolute Gasteiger partial charge is 0.478 e. The van der Waals surface area contributed by atoms with Crippen molar-refractivity contribution in [1.82, 2.24) is 10.1 Å². The Labute approximate surface area is 222 Å². The third-order valence-electron chi connectivity index (χ3n) is 6.39. The number of carboxylic acids is 1. The van der Waals surface area contributed by atoms with E-state index in [1.807, 2.05) is 13.0 Å². The third-order valence-corrected chi connectivity index (χ3v) is 7.02. The topological polar surface area (TPSA) is 94.7 Å². The summed E-state index contributed by atoms with van der Waals surface area (Å²) in [5, 5.41) is 14.6. The molecule has 1 N–H and O–H groups in total. The second-order valence-corrected chi connectivity index (χ2v) is 9.83. The van der Waals surface area contributed by atoms with Gasteiger partial charge in [0, 0.05) is 23.1 Å². The molecule has 0 bridgehead atoms. The lowest BCUT2D eigenvalue weighted by Crippen LogP contribution is -2.02. The average molecular weight is 535 g/mol. The number of allylic oxidation sites excluding steroid dienone is 1. The Morgan fingerprint density at radius 3 is 2.59 bits per heavy atom. The molecule has 2 aromatic heterocycles. The van der Waals surface area contributed by atoms with Crippen LogP contribution in [-0.4, -0.2) is 21.2 Å². The van der Waals surface area contributed by atoms with E-state index in [0.717, 1.165) is 35.3 Å². The molecule has 6 rings (SSSR count).